The van der Waals surface area contributed by atoms with Gasteiger partial charge < -0.3 is 10.1 Å². The lowest BCUT2D eigenvalue weighted by atomic mass is 10.0. The highest BCUT2D eigenvalue weighted by atomic mass is 16.5. The van der Waals surface area contributed by atoms with Crippen molar-refractivity contribution in [2.75, 3.05) is 18.6 Å². The van der Waals surface area contributed by atoms with Gasteiger partial charge in [0.05, 0.1) is 12.6 Å². The van der Waals surface area contributed by atoms with Crippen molar-refractivity contribution in [3.8, 4) is 5.75 Å². The molecule has 1 N–H and O–H groups in total. The lowest BCUT2D eigenvalue weighted by Crippen LogP contribution is -2.45. The largest absolute Gasteiger partial charge is 0.497 e. The van der Waals surface area contributed by atoms with E-state index in [1.807, 2.05) is 24.3 Å². The van der Waals surface area contributed by atoms with Crippen molar-refractivity contribution >= 4 is 34.3 Å². The Morgan fingerprint density at radius 1 is 1.00 bits per heavy atom. The van der Waals surface area contributed by atoms with Gasteiger partial charge in [0, 0.05) is 17.8 Å². The molecule has 0 radical (unpaired) electrons. The quantitative estimate of drug-likeness (QED) is 0.286. The number of benzene rings is 3. The number of hydrogen-bond donors (Lipinski definition) is 1. The number of methoxy groups -OCH3 is 1. The Hall–Kier alpha value is -4.53. The molecular formula is C30H33N5O4. The third-order valence-electron chi connectivity index (χ3n) is 6.44. The lowest BCUT2D eigenvalue weighted by molar-refractivity contribution is -0.127. The zero-order valence-electron chi connectivity index (χ0n) is 22.6. The van der Waals surface area contributed by atoms with Gasteiger partial charge in [-0.3, -0.25) is 19.3 Å². The molecule has 0 saturated heterocycles. The number of carbonyl (C=O) groups excluding carboxylic acids is 3. The van der Waals surface area contributed by atoms with Crippen molar-refractivity contribution in [2.45, 2.75) is 39.8 Å². The van der Waals surface area contributed by atoms with Gasteiger partial charge in [0.25, 0.3) is 0 Å². The molecule has 0 spiro atoms. The van der Waals surface area contributed by atoms with Crippen LogP contribution in [0.1, 0.15) is 49.2 Å². The van der Waals surface area contributed by atoms with Crippen molar-refractivity contribution < 1.29 is 19.1 Å². The van der Waals surface area contributed by atoms with Gasteiger partial charge in [-0.1, -0.05) is 55.5 Å². The van der Waals surface area contributed by atoms with Crippen LogP contribution in [0.2, 0.25) is 0 Å². The molecular weight excluding hydrogens is 494 g/mol. The van der Waals surface area contributed by atoms with Crippen molar-refractivity contribution in [3.63, 3.8) is 0 Å². The maximum Gasteiger partial charge on any atom is 0.249 e. The third-order valence-corrected chi connectivity index (χ3v) is 6.44. The highest BCUT2D eigenvalue weighted by molar-refractivity contribution is 6.03. The molecule has 0 saturated carbocycles. The molecule has 1 aromatic heterocycles. The molecule has 0 fully saturated rings. The van der Waals surface area contributed by atoms with E-state index in [9.17, 15) is 14.4 Å². The van der Waals surface area contributed by atoms with Gasteiger partial charge in [-0.05, 0) is 61.2 Å². The fourth-order valence-corrected chi connectivity index (χ4v) is 4.36. The number of anilines is 1. The highest BCUT2D eigenvalue weighted by Gasteiger charge is 2.34. The topological polar surface area (TPSA) is 106 Å². The van der Waals surface area contributed by atoms with Gasteiger partial charge in [-0.2, -0.15) is 0 Å². The molecule has 1 atom stereocenters. The van der Waals surface area contributed by atoms with Gasteiger partial charge >= 0.3 is 0 Å². The molecule has 0 bridgehead atoms. The van der Waals surface area contributed by atoms with E-state index >= 15 is 0 Å². The molecule has 1 heterocycles. The van der Waals surface area contributed by atoms with Crippen LogP contribution in [0.25, 0.3) is 11.0 Å². The second-order valence-corrected chi connectivity index (χ2v) is 9.76. The normalized spacial score (nSPS) is 11.8. The van der Waals surface area contributed by atoms with Gasteiger partial charge in [0.2, 0.25) is 11.8 Å². The Morgan fingerprint density at radius 2 is 1.77 bits per heavy atom. The molecule has 0 aliphatic carbocycles. The standard InChI is InChI=1S/C30H33N5O4/c1-20(2)15-16-31-30(38)29(23-10-8-12-25(18-23)39-4)35(24-11-7-9-22(17-24)21(3)36)28(37)19-34-27-14-6-5-13-26(27)32-33-34/h5-14,17-18,20,29H,15-16,19H2,1-4H3,(H,31,38). The van der Waals surface area contributed by atoms with E-state index in [1.165, 1.54) is 16.5 Å². The van der Waals surface area contributed by atoms with Crippen LogP contribution in [-0.4, -0.2) is 46.2 Å². The molecule has 0 aliphatic rings. The number of Topliss-reactive ketones (excluding diaryl/α,β-unsaturated/α-hetero) is 1. The van der Waals surface area contributed by atoms with E-state index in [2.05, 4.69) is 29.5 Å². The fourth-order valence-electron chi connectivity index (χ4n) is 4.36. The monoisotopic (exact) mass is 527 g/mol. The molecule has 9 nitrogen and oxygen atoms in total. The van der Waals surface area contributed by atoms with Gasteiger partial charge in [0.15, 0.2) is 5.78 Å². The second-order valence-electron chi connectivity index (χ2n) is 9.76. The smallest absolute Gasteiger partial charge is 0.249 e. The molecule has 3 aromatic carbocycles. The van der Waals surface area contributed by atoms with Crippen LogP contribution in [0.3, 0.4) is 0 Å². The van der Waals surface area contributed by atoms with Crippen LogP contribution in [0.5, 0.6) is 5.75 Å². The predicted molar refractivity (Wildman–Crippen MR) is 150 cm³/mol. The number of nitrogens with one attached hydrogen (secondary N) is 1. The summed E-state index contributed by atoms with van der Waals surface area (Å²) in [6.07, 6.45) is 0.787. The summed E-state index contributed by atoms with van der Waals surface area (Å²) in [5.41, 5.74) is 2.78. The number of carbonyl (C=O) groups is 3. The fraction of sp³-hybridized carbons (Fsp3) is 0.300. The number of nitrogens with zero attached hydrogens (tertiary/aromatic N) is 4. The van der Waals surface area contributed by atoms with Gasteiger partial charge in [0.1, 0.15) is 23.9 Å². The number of aromatic nitrogens is 3. The molecule has 9 heteroatoms. The molecule has 39 heavy (non-hydrogen) atoms. The van der Waals surface area contributed by atoms with Crippen LogP contribution >= 0.6 is 0 Å². The molecule has 4 rings (SSSR count). The first-order chi connectivity index (χ1) is 18.8. The first kappa shape index (κ1) is 27.5. The maximum atomic E-state index is 14.1. The Kier molecular flexibility index (Phi) is 8.70. The van der Waals surface area contributed by atoms with Crippen LogP contribution in [-0.2, 0) is 16.1 Å². The summed E-state index contributed by atoms with van der Waals surface area (Å²) in [5.74, 6) is 0.0729. The van der Waals surface area contributed by atoms with Gasteiger partial charge in [-0.15, -0.1) is 5.10 Å². The molecule has 1 unspecified atom stereocenters. The van der Waals surface area contributed by atoms with Crippen molar-refractivity contribution in [3.05, 3.63) is 83.9 Å². The van der Waals surface area contributed by atoms with E-state index in [4.69, 9.17) is 4.74 Å². The van der Waals surface area contributed by atoms with E-state index in [0.717, 1.165) is 6.42 Å². The number of para-hydroxylation sites is 1. The van der Waals surface area contributed by atoms with Crippen LogP contribution in [0.15, 0.2) is 72.8 Å². The Balaban J connectivity index is 1.82. The minimum Gasteiger partial charge on any atom is -0.497 e. The first-order valence-corrected chi connectivity index (χ1v) is 12.9. The molecule has 0 aliphatic heterocycles. The zero-order valence-corrected chi connectivity index (χ0v) is 22.6. The van der Waals surface area contributed by atoms with Crippen LogP contribution in [0.4, 0.5) is 5.69 Å². The molecule has 4 aromatic rings. The summed E-state index contributed by atoms with van der Waals surface area (Å²) in [6.45, 7) is 5.92. The Bertz CT molecular complexity index is 1480. The second kappa shape index (κ2) is 12.3. The summed E-state index contributed by atoms with van der Waals surface area (Å²) in [7, 11) is 1.55. The summed E-state index contributed by atoms with van der Waals surface area (Å²) >= 11 is 0. The van der Waals surface area contributed by atoms with E-state index in [1.54, 1.807) is 55.6 Å². The van der Waals surface area contributed by atoms with Crippen molar-refractivity contribution in [1.29, 1.82) is 0 Å². The van der Waals surface area contributed by atoms with Gasteiger partial charge in [-0.25, -0.2) is 4.68 Å². The summed E-state index contributed by atoms with van der Waals surface area (Å²) < 4.78 is 6.94. The summed E-state index contributed by atoms with van der Waals surface area (Å²) in [4.78, 5) is 41.6. The minimum atomic E-state index is -1.03. The maximum absolute atomic E-state index is 14.1. The average molecular weight is 528 g/mol. The van der Waals surface area contributed by atoms with Crippen LogP contribution < -0.4 is 15.0 Å². The minimum absolute atomic E-state index is 0.147. The van der Waals surface area contributed by atoms with E-state index in [0.29, 0.717) is 46.1 Å². The summed E-state index contributed by atoms with van der Waals surface area (Å²) in [5, 5.41) is 11.3. The summed E-state index contributed by atoms with van der Waals surface area (Å²) in [6, 6.07) is 20.2. The van der Waals surface area contributed by atoms with E-state index in [-0.39, 0.29) is 18.2 Å². The number of amides is 2. The lowest BCUT2D eigenvalue weighted by Gasteiger charge is -2.32. The molecule has 202 valence electrons. The number of fused-ring (bicyclic) bond motifs is 1. The Morgan fingerprint density at radius 3 is 2.51 bits per heavy atom. The average Bonchev–Trinajstić information content (AvgIpc) is 3.33. The zero-order chi connectivity index (χ0) is 27.9. The SMILES string of the molecule is COc1cccc(C(C(=O)NCCC(C)C)N(C(=O)Cn2nnc3ccccc32)c2cccc(C(C)=O)c2)c1. The van der Waals surface area contributed by atoms with E-state index < -0.39 is 11.9 Å². The van der Waals surface area contributed by atoms with Crippen LogP contribution in [0, 0.1) is 5.92 Å². The number of hydrogen-bond acceptors (Lipinski definition) is 6. The third kappa shape index (κ3) is 6.49. The number of ketones is 1. The Labute approximate surface area is 227 Å². The number of rotatable bonds is 11. The first-order valence-electron chi connectivity index (χ1n) is 12.9. The number of ether oxygens (including phenoxy) is 1. The molecule has 2 amide bonds. The predicted octanol–water partition coefficient (Wildman–Crippen LogP) is 4.58. The highest BCUT2D eigenvalue weighted by Crippen LogP contribution is 2.31. The van der Waals surface area contributed by atoms with Crippen molar-refractivity contribution in [1.82, 2.24) is 20.3 Å². The van der Waals surface area contributed by atoms with Crippen molar-refractivity contribution in [2.24, 2.45) is 5.92 Å².